The van der Waals surface area contributed by atoms with Crippen molar-refractivity contribution in [2.75, 3.05) is 21.3 Å². The number of ketones is 1. The second-order valence-electron chi connectivity index (χ2n) is 8.48. The van der Waals surface area contributed by atoms with Crippen molar-refractivity contribution in [3.05, 3.63) is 53.6 Å². The molecule has 8 heteroatoms. The van der Waals surface area contributed by atoms with Gasteiger partial charge in [-0.05, 0) is 29.2 Å². The zero-order chi connectivity index (χ0) is 25.8. The van der Waals surface area contributed by atoms with Crippen molar-refractivity contribution >= 4 is 17.4 Å². The normalized spacial score (nSPS) is 12.1. The van der Waals surface area contributed by atoms with Gasteiger partial charge in [-0.2, -0.15) is 0 Å². The third-order valence-corrected chi connectivity index (χ3v) is 5.32. The molecule has 0 aromatic heterocycles. The molecule has 0 heterocycles. The molecule has 0 aliphatic rings. The van der Waals surface area contributed by atoms with Gasteiger partial charge in [-0.25, -0.2) is 0 Å². The third kappa shape index (κ3) is 8.31. The lowest BCUT2D eigenvalue weighted by Gasteiger charge is -2.20. The van der Waals surface area contributed by atoms with E-state index in [0.717, 1.165) is 11.1 Å². The van der Waals surface area contributed by atoms with Crippen LogP contribution >= 0.6 is 0 Å². The zero-order valence-corrected chi connectivity index (χ0v) is 21.4. The van der Waals surface area contributed by atoms with Crippen LogP contribution in [0.5, 0.6) is 17.2 Å². The minimum absolute atomic E-state index is 0.0961. The fraction of sp³-hybridized carbons (Fsp3) is 0.444. The summed E-state index contributed by atoms with van der Waals surface area (Å²) in [5, 5.41) is 6.98. The Kier molecular flexibility index (Phi) is 11.1. The maximum absolute atomic E-state index is 13.1. The molecule has 0 radical (unpaired) electrons. The van der Waals surface area contributed by atoms with Gasteiger partial charge in [-0.1, -0.05) is 56.3 Å². The number of nitrogens with zero attached hydrogens (tertiary/aromatic N) is 1. The molecule has 1 N–H and O–H groups in total. The second kappa shape index (κ2) is 14.0. The topological polar surface area (TPSA) is 95.5 Å². The van der Waals surface area contributed by atoms with Crippen LogP contribution in [0.1, 0.15) is 44.7 Å². The van der Waals surface area contributed by atoms with Crippen LogP contribution < -0.4 is 19.5 Å². The molecule has 2 rings (SSSR count). The first kappa shape index (κ1) is 27.7. The van der Waals surface area contributed by atoms with Crippen molar-refractivity contribution in [3.8, 4) is 17.2 Å². The van der Waals surface area contributed by atoms with E-state index in [9.17, 15) is 9.59 Å². The first-order chi connectivity index (χ1) is 16.8. The lowest BCUT2D eigenvalue weighted by molar-refractivity contribution is -0.124. The van der Waals surface area contributed by atoms with E-state index in [1.54, 1.807) is 19.1 Å². The van der Waals surface area contributed by atoms with Gasteiger partial charge in [-0.3, -0.25) is 9.59 Å². The first-order valence-electron chi connectivity index (χ1n) is 11.7. The maximum atomic E-state index is 13.1. The van der Waals surface area contributed by atoms with E-state index in [2.05, 4.69) is 10.5 Å². The molecule has 0 saturated carbocycles. The van der Waals surface area contributed by atoms with Crippen LogP contribution in [0.25, 0.3) is 0 Å². The monoisotopic (exact) mass is 484 g/mol. The fourth-order valence-corrected chi connectivity index (χ4v) is 3.54. The number of carbonyl (C=O) groups is 2. The number of rotatable bonds is 14. The number of amides is 1. The number of ether oxygens (including phenoxy) is 3. The molecule has 0 spiro atoms. The molecule has 1 unspecified atom stereocenters. The first-order valence-corrected chi connectivity index (χ1v) is 11.7. The van der Waals surface area contributed by atoms with Gasteiger partial charge in [0, 0.05) is 19.3 Å². The SMILES string of the molecule is CCC(=O)C(Cc1cc(OC)c(OC)c(OC)c1)NC(=O)C(CC(C)C)=NOCc1ccccc1. The molecule has 2 aromatic carbocycles. The van der Waals surface area contributed by atoms with Crippen molar-refractivity contribution in [1.29, 1.82) is 0 Å². The number of nitrogens with one attached hydrogen (secondary N) is 1. The van der Waals surface area contributed by atoms with Crippen molar-refractivity contribution in [2.45, 2.75) is 52.7 Å². The molecule has 1 atom stereocenters. The molecule has 8 nitrogen and oxygen atoms in total. The highest BCUT2D eigenvalue weighted by atomic mass is 16.6. The Morgan fingerprint density at radius 1 is 0.943 bits per heavy atom. The van der Waals surface area contributed by atoms with E-state index in [4.69, 9.17) is 19.0 Å². The van der Waals surface area contributed by atoms with Crippen LogP contribution in [-0.4, -0.2) is 44.8 Å². The summed E-state index contributed by atoms with van der Waals surface area (Å²) in [6.45, 7) is 6.00. The molecule has 35 heavy (non-hydrogen) atoms. The highest BCUT2D eigenvalue weighted by molar-refractivity contribution is 6.39. The largest absolute Gasteiger partial charge is 0.493 e. The highest BCUT2D eigenvalue weighted by Crippen LogP contribution is 2.38. The number of Topliss-reactive ketones (excluding diaryl/α,β-unsaturated/α-hetero) is 1. The van der Waals surface area contributed by atoms with Gasteiger partial charge in [-0.15, -0.1) is 0 Å². The van der Waals surface area contributed by atoms with Crippen molar-refractivity contribution in [3.63, 3.8) is 0 Å². The summed E-state index contributed by atoms with van der Waals surface area (Å²) < 4.78 is 16.2. The fourth-order valence-electron chi connectivity index (χ4n) is 3.54. The third-order valence-electron chi connectivity index (χ3n) is 5.32. The summed E-state index contributed by atoms with van der Waals surface area (Å²) in [7, 11) is 4.59. The summed E-state index contributed by atoms with van der Waals surface area (Å²) in [6.07, 6.45) is 0.948. The summed E-state index contributed by atoms with van der Waals surface area (Å²) in [4.78, 5) is 31.4. The van der Waals surface area contributed by atoms with Gasteiger partial charge in [0.1, 0.15) is 12.3 Å². The van der Waals surface area contributed by atoms with E-state index in [0.29, 0.717) is 23.7 Å². The molecule has 0 aliphatic carbocycles. The molecule has 190 valence electrons. The molecule has 2 aromatic rings. The van der Waals surface area contributed by atoms with E-state index in [1.807, 2.05) is 44.2 Å². The summed E-state index contributed by atoms with van der Waals surface area (Å²) in [5.41, 5.74) is 1.95. The van der Waals surface area contributed by atoms with Gasteiger partial charge in [0.25, 0.3) is 5.91 Å². The number of benzene rings is 2. The Balaban J connectivity index is 2.23. The van der Waals surface area contributed by atoms with Crippen LogP contribution in [0.3, 0.4) is 0 Å². The molecular weight excluding hydrogens is 448 g/mol. The van der Waals surface area contributed by atoms with Gasteiger partial charge in [0.15, 0.2) is 17.3 Å². The number of hydrogen-bond acceptors (Lipinski definition) is 7. The van der Waals surface area contributed by atoms with Crippen LogP contribution in [0.2, 0.25) is 0 Å². The van der Waals surface area contributed by atoms with Crippen molar-refractivity contribution in [1.82, 2.24) is 5.32 Å². The number of carbonyl (C=O) groups excluding carboxylic acids is 2. The lowest BCUT2D eigenvalue weighted by atomic mass is 9.99. The standard InChI is InChI=1S/C27H36N2O6/c1-7-23(30)21(14-20-15-24(32-4)26(34-6)25(16-20)33-5)28-27(31)22(13-18(2)3)29-35-17-19-11-9-8-10-12-19/h8-12,15-16,18,21H,7,13-14,17H2,1-6H3,(H,28,31). The van der Waals surface area contributed by atoms with Crippen molar-refractivity contribution in [2.24, 2.45) is 11.1 Å². The number of oxime groups is 1. The van der Waals surface area contributed by atoms with E-state index in [1.165, 1.54) is 21.3 Å². The zero-order valence-electron chi connectivity index (χ0n) is 21.4. The minimum Gasteiger partial charge on any atom is -0.493 e. The Morgan fingerprint density at radius 2 is 1.57 bits per heavy atom. The predicted molar refractivity (Wildman–Crippen MR) is 135 cm³/mol. The molecule has 0 saturated heterocycles. The van der Waals surface area contributed by atoms with Crippen LogP contribution in [0.15, 0.2) is 47.6 Å². The second-order valence-corrected chi connectivity index (χ2v) is 8.48. The van der Waals surface area contributed by atoms with Crippen LogP contribution in [0.4, 0.5) is 0 Å². The average Bonchev–Trinajstić information content (AvgIpc) is 2.86. The van der Waals surface area contributed by atoms with Crippen LogP contribution in [0, 0.1) is 5.92 Å². The molecule has 1 amide bonds. The van der Waals surface area contributed by atoms with Gasteiger partial charge in [0.2, 0.25) is 5.75 Å². The Morgan fingerprint density at radius 3 is 2.09 bits per heavy atom. The minimum atomic E-state index is -0.748. The predicted octanol–water partition coefficient (Wildman–Crippen LogP) is 4.34. The highest BCUT2D eigenvalue weighted by Gasteiger charge is 2.25. The number of methoxy groups -OCH3 is 3. The summed E-state index contributed by atoms with van der Waals surface area (Å²) in [6, 6.07) is 12.4. The van der Waals surface area contributed by atoms with Gasteiger partial charge < -0.3 is 24.4 Å². The molecular formula is C27H36N2O6. The average molecular weight is 485 g/mol. The summed E-state index contributed by atoms with van der Waals surface area (Å²) in [5.74, 6) is 1.07. The maximum Gasteiger partial charge on any atom is 0.269 e. The van der Waals surface area contributed by atoms with Gasteiger partial charge >= 0.3 is 0 Å². The molecule has 0 fully saturated rings. The van der Waals surface area contributed by atoms with Gasteiger partial charge in [0.05, 0.1) is 27.4 Å². The quantitative estimate of drug-likeness (QED) is 0.317. The Bertz CT molecular complexity index is 979. The van der Waals surface area contributed by atoms with Crippen LogP contribution in [-0.2, 0) is 27.5 Å². The van der Waals surface area contributed by atoms with E-state index in [-0.39, 0.29) is 36.9 Å². The van der Waals surface area contributed by atoms with Crippen molar-refractivity contribution < 1.29 is 28.6 Å². The Hall–Kier alpha value is -3.55. The Labute approximate surface area is 207 Å². The number of hydrogen-bond donors (Lipinski definition) is 1. The smallest absolute Gasteiger partial charge is 0.269 e. The summed E-state index contributed by atoms with van der Waals surface area (Å²) >= 11 is 0. The van der Waals surface area contributed by atoms with E-state index < -0.39 is 11.9 Å². The van der Waals surface area contributed by atoms with E-state index >= 15 is 0 Å². The molecule has 0 aliphatic heterocycles. The lowest BCUT2D eigenvalue weighted by Crippen LogP contribution is -2.45. The molecule has 0 bridgehead atoms.